The monoisotopic (exact) mass is 369 g/mol. The number of carbonyl (C=O) groups excluding carboxylic acids is 3. The van der Waals surface area contributed by atoms with E-state index in [1.165, 1.54) is 12.5 Å². The molecular formula is C19H19N3O5. The van der Waals surface area contributed by atoms with Crippen LogP contribution in [-0.2, 0) is 27.2 Å². The molecule has 2 aliphatic heterocycles. The van der Waals surface area contributed by atoms with Gasteiger partial charge in [-0.2, -0.15) is 0 Å². The Kier molecular flexibility index (Phi) is 4.41. The lowest BCUT2D eigenvalue weighted by atomic mass is 9.99. The van der Waals surface area contributed by atoms with Crippen LogP contribution in [0.25, 0.3) is 0 Å². The van der Waals surface area contributed by atoms with Crippen molar-refractivity contribution in [2.24, 2.45) is 0 Å². The second kappa shape index (κ2) is 6.88. The number of aliphatic hydroxyl groups is 1. The predicted octanol–water partition coefficient (Wildman–Crippen LogP) is 0.903. The molecule has 8 heteroatoms. The Bertz CT molecular complexity index is 906. The molecule has 0 spiro atoms. The van der Waals surface area contributed by atoms with Crippen molar-refractivity contribution >= 4 is 29.1 Å². The second-order valence-electron chi connectivity index (χ2n) is 6.71. The number of furan rings is 1. The highest BCUT2D eigenvalue weighted by atomic mass is 16.3. The molecule has 0 saturated heterocycles. The van der Waals surface area contributed by atoms with E-state index in [9.17, 15) is 19.5 Å². The minimum atomic E-state index is -0.957. The van der Waals surface area contributed by atoms with Gasteiger partial charge in [0.15, 0.2) is 0 Å². The van der Waals surface area contributed by atoms with Crippen LogP contribution in [0.5, 0.6) is 0 Å². The van der Waals surface area contributed by atoms with Gasteiger partial charge in [0, 0.05) is 24.3 Å². The van der Waals surface area contributed by atoms with Crippen molar-refractivity contribution in [3.8, 4) is 0 Å². The molecule has 8 nitrogen and oxygen atoms in total. The Labute approximate surface area is 155 Å². The number of aryl methyl sites for hydroxylation is 1. The number of nitrogens with zero attached hydrogens (tertiary/aromatic N) is 1. The lowest BCUT2D eigenvalue weighted by Crippen LogP contribution is -2.37. The summed E-state index contributed by atoms with van der Waals surface area (Å²) in [5.74, 6) is -1.59. The topological polar surface area (TPSA) is 112 Å². The summed E-state index contributed by atoms with van der Waals surface area (Å²) in [5, 5.41) is 14.9. The first-order valence-corrected chi connectivity index (χ1v) is 8.78. The van der Waals surface area contributed by atoms with Gasteiger partial charge in [-0.05, 0) is 42.2 Å². The number of rotatable bonds is 4. The quantitative estimate of drug-likeness (QED) is 0.694. The summed E-state index contributed by atoms with van der Waals surface area (Å²) in [4.78, 5) is 38.0. The highest BCUT2D eigenvalue weighted by Crippen LogP contribution is 2.38. The molecular weight excluding hydrogens is 350 g/mol. The molecule has 1 atom stereocenters. The van der Waals surface area contributed by atoms with Gasteiger partial charge in [-0.15, -0.1) is 0 Å². The third kappa shape index (κ3) is 3.31. The van der Waals surface area contributed by atoms with Crippen LogP contribution in [0, 0.1) is 0 Å². The third-order valence-electron chi connectivity index (χ3n) is 4.86. The molecule has 0 radical (unpaired) electrons. The van der Waals surface area contributed by atoms with Crippen molar-refractivity contribution in [2.45, 2.75) is 25.4 Å². The molecule has 0 fully saturated rings. The highest BCUT2D eigenvalue weighted by molar-refractivity contribution is 6.39. The molecule has 2 aromatic rings. The largest absolute Gasteiger partial charge is 0.472 e. The van der Waals surface area contributed by atoms with E-state index in [2.05, 4.69) is 10.6 Å². The number of benzene rings is 1. The fourth-order valence-electron chi connectivity index (χ4n) is 3.59. The summed E-state index contributed by atoms with van der Waals surface area (Å²) in [5.41, 5.74) is 3.86. The lowest BCUT2D eigenvalue weighted by Gasteiger charge is -2.26. The zero-order valence-corrected chi connectivity index (χ0v) is 14.5. The van der Waals surface area contributed by atoms with E-state index in [4.69, 9.17) is 4.42 Å². The molecule has 140 valence electrons. The van der Waals surface area contributed by atoms with Crippen LogP contribution >= 0.6 is 0 Å². The number of anilines is 2. The highest BCUT2D eigenvalue weighted by Gasteiger charge is 2.32. The van der Waals surface area contributed by atoms with Crippen molar-refractivity contribution in [2.75, 3.05) is 23.3 Å². The van der Waals surface area contributed by atoms with Crippen molar-refractivity contribution < 1.29 is 23.9 Å². The molecule has 3 N–H and O–H groups in total. The SMILES string of the molecule is O=C(NCC(O)c1ccoc1)C(=O)Nc1cc2c3c(c1)CC(=O)N3CCC2. The third-order valence-corrected chi connectivity index (χ3v) is 4.86. The van der Waals surface area contributed by atoms with Crippen molar-refractivity contribution in [1.82, 2.24) is 5.32 Å². The Morgan fingerprint density at radius 3 is 2.85 bits per heavy atom. The van der Waals surface area contributed by atoms with Crippen LogP contribution in [0.4, 0.5) is 11.4 Å². The first-order valence-electron chi connectivity index (χ1n) is 8.78. The Hall–Kier alpha value is -3.13. The molecule has 3 amide bonds. The maximum absolute atomic E-state index is 12.2. The van der Waals surface area contributed by atoms with Gasteiger partial charge in [0.2, 0.25) is 5.91 Å². The molecule has 27 heavy (non-hydrogen) atoms. The molecule has 1 unspecified atom stereocenters. The van der Waals surface area contributed by atoms with E-state index in [0.717, 1.165) is 36.2 Å². The van der Waals surface area contributed by atoms with Crippen LogP contribution in [0.2, 0.25) is 0 Å². The summed E-state index contributed by atoms with van der Waals surface area (Å²) < 4.78 is 4.87. The first-order chi connectivity index (χ1) is 13.0. The summed E-state index contributed by atoms with van der Waals surface area (Å²) in [6.07, 6.45) is 3.86. The van der Waals surface area contributed by atoms with Crippen molar-refractivity contribution in [3.63, 3.8) is 0 Å². The number of aliphatic hydroxyl groups excluding tert-OH is 1. The summed E-state index contributed by atoms with van der Waals surface area (Å²) in [7, 11) is 0. The van der Waals surface area contributed by atoms with E-state index in [0.29, 0.717) is 17.7 Å². The number of hydrogen-bond donors (Lipinski definition) is 3. The van der Waals surface area contributed by atoms with E-state index in [-0.39, 0.29) is 12.5 Å². The molecule has 1 aromatic carbocycles. The molecule has 1 aromatic heterocycles. The maximum Gasteiger partial charge on any atom is 0.313 e. The molecule has 4 rings (SSSR count). The van der Waals surface area contributed by atoms with Gasteiger partial charge in [0.1, 0.15) is 0 Å². The Morgan fingerprint density at radius 2 is 2.07 bits per heavy atom. The number of carbonyl (C=O) groups is 3. The average Bonchev–Trinajstić information content (AvgIpc) is 3.29. The zero-order valence-electron chi connectivity index (χ0n) is 14.5. The van der Waals surface area contributed by atoms with E-state index in [1.807, 2.05) is 6.07 Å². The molecule has 3 heterocycles. The average molecular weight is 369 g/mol. The zero-order chi connectivity index (χ0) is 19.0. The maximum atomic E-state index is 12.2. The minimum absolute atomic E-state index is 0.0698. The van der Waals surface area contributed by atoms with Crippen LogP contribution < -0.4 is 15.5 Å². The van der Waals surface area contributed by atoms with Gasteiger partial charge in [-0.25, -0.2) is 0 Å². The van der Waals surface area contributed by atoms with Crippen molar-refractivity contribution in [1.29, 1.82) is 0 Å². The summed E-state index contributed by atoms with van der Waals surface area (Å²) in [6, 6.07) is 5.14. The van der Waals surface area contributed by atoms with E-state index >= 15 is 0 Å². The van der Waals surface area contributed by atoms with Gasteiger partial charge < -0.3 is 25.1 Å². The van der Waals surface area contributed by atoms with Crippen LogP contribution in [-0.4, -0.2) is 35.9 Å². The summed E-state index contributed by atoms with van der Waals surface area (Å²) in [6.45, 7) is 0.622. The lowest BCUT2D eigenvalue weighted by molar-refractivity contribution is -0.136. The number of nitrogens with one attached hydrogen (secondary N) is 2. The van der Waals surface area contributed by atoms with Gasteiger partial charge in [0.05, 0.1) is 30.7 Å². The van der Waals surface area contributed by atoms with Crippen LogP contribution in [0.1, 0.15) is 29.2 Å². The van der Waals surface area contributed by atoms with Gasteiger partial charge in [-0.1, -0.05) is 0 Å². The van der Waals surface area contributed by atoms with Crippen LogP contribution in [0.3, 0.4) is 0 Å². The summed E-state index contributed by atoms with van der Waals surface area (Å²) >= 11 is 0. The number of hydrogen-bond acceptors (Lipinski definition) is 5. The normalized spacial score (nSPS) is 16.0. The van der Waals surface area contributed by atoms with Gasteiger partial charge in [0.25, 0.3) is 0 Å². The standard InChI is InChI=1S/C19H19N3O5/c23-15(12-3-5-27-10-12)9-20-18(25)19(26)21-14-6-11-2-1-4-22-16(24)8-13(7-14)17(11)22/h3,5-7,10,15,23H,1-2,4,8-9H2,(H,20,25)(H,21,26). The second-order valence-corrected chi connectivity index (χ2v) is 6.71. The Morgan fingerprint density at radius 1 is 1.26 bits per heavy atom. The molecule has 0 bridgehead atoms. The van der Waals surface area contributed by atoms with Crippen molar-refractivity contribution in [3.05, 3.63) is 47.4 Å². The van der Waals surface area contributed by atoms with E-state index in [1.54, 1.807) is 17.0 Å². The van der Waals surface area contributed by atoms with E-state index < -0.39 is 17.9 Å². The molecule has 2 aliphatic rings. The molecule has 0 saturated carbocycles. The first kappa shape index (κ1) is 17.3. The predicted molar refractivity (Wildman–Crippen MR) is 96.1 cm³/mol. The smallest absolute Gasteiger partial charge is 0.313 e. The Balaban J connectivity index is 1.41. The van der Waals surface area contributed by atoms with Gasteiger partial charge >= 0.3 is 11.8 Å². The fraction of sp³-hybridized carbons (Fsp3) is 0.316. The van der Waals surface area contributed by atoms with Gasteiger partial charge in [-0.3, -0.25) is 14.4 Å². The fourth-order valence-corrected chi connectivity index (χ4v) is 3.59. The minimum Gasteiger partial charge on any atom is -0.472 e. The number of amides is 3. The van der Waals surface area contributed by atoms with Crippen LogP contribution in [0.15, 0.2) is 35.1 Å². The molecule has 0 aliphatic carbocycles.